The van der Waals surface area contributed by atoms with Crippen molar-refractivity contribution in [2.24, 2.45) is 5.92 Å². The lowest BCUT2D eigenvalue weighted by atomic mass is 9.86. The van der Waals surface area contributed by atoms with Crippen molar-refractivity contribution < 1.29 is 9.53 Å². The zero-order valence-electron chi connectivity index (χ0n) is 23.8. The average Bonchev–Trinajstić information content (AvgIpc) is 3.63. The number of hydrogen-bond acceptors (Lipinski definition) is 5. The number of carbonyl (C=O) groups excluding carboxylic acids is 1. The number of amides is 1. The number of benzene rings is 2. The molecular weight excluding hydrogens is 564 g/mol. The molecule has 216 valence electrons. The van der Waals surface area contributed by atoms with Crippen LogP contribution in [0.4, 0.5) is 0 Å². The second kappa shape index (κ2) is 11.8. The summed E-state index contributed by atoms with van der Waals surface area (Å²) in [6.07, 6.45) is 6.41. The first-order valence-electron chi connectivity index (χ1n) is 14.9. The van der Waals surface area contributed by atoms with Gasteiger partial charge in [0.05, 0.1) is 17.5 Å². The van der Waals surface area contributed by atoms with Gasteiger partial charge in [0.2, 0.25) is 5.91 Å². The molecule has 8 heteroatoms. The fourth-order valence-corrected chi connectivity index (χ4v) is 7.71. The Balaban J connectivity index is 1.16. The second-order valence-corrected chi connectivity index (χ2v) is 13.1. The molecule has 2 aliphatic rings. The van der Waals surface area contributed by atoms with Crippen molar-refractivity contribution in [3.8, 4) is 21.7 Å². The van der Waals surface area contributed by atoms with Crippen LogP contribution in [0.15, 0.2) is 72.9 Å². The molecule has 2 fully saturated rings. The highest BCUT2D eigenvalue weighted by molar-refractivity contribution is 7.22. The Labute approximate surface area is 255 Å². The van der Waals surface area contributed by atoms with Gasteiger partial charge in [0.25, 0.3) is 0 Å². The van der Waals surface area contributed by atoms with Gasteiger partial charge >= 0.3 is 0 Å². The largest absolute Gasteiger partial charge is 0.381 e. The van der Waals surface area contributed by atoms with Gasteiger partial charge < -0.3 is 14.0 Å². The third kappa shape index (κ3) is 5.47. The van der Waals surface area contributed by atoms with E-state index in [4.69, 9.17) is 21.3 Å². The number of fused-ring (bicyclic) bond motifs is 2. The van der Waals surface area contributed by atoms with Crippen LogP contribution in [0.5, 0.6) is 0 Å². The minimum absolute atomic E-state index is 0.0952. The van der Waals surface area contributed by atoms with Gasteiger partial charge in [0.1, 0.15) is 5.65 Å². The summed E-state index contributed by atoms with van der Waals surface area (Å²) >= 11 is 8.05. The first-order chi connectivity index (χ1) is 20.6. The Morgan fingerprint density at radius 3 is 2.57 bits per heavy atom. The Kier molecular flexibility index (Phi) is 7.76. The van der Waals surface area contributed by atoms with Crippen LogP contribution in [0.25, 0.3) is 37.4 Å². The fourth-order valence-electron chi connectivity index (χ4n) is 6.53. The maximum Gasteiger partial charge on any atom is 0.225 e. The molecule has 6 nitrogen and oxygen atoms in total. The molecule has 0 radical (unpaired) electrons. The molecule has 5 aromatic rings. The highest BCUT2D eigenvalue weighted by Gasteiger charge is 2.32. The lowest BCUT2D eigenvalue weighted by Gasteiger charge is -2.38. The number of piperazine rings is 1. The van der Waals surface area contributed by atoms with E-state index < -0.39 is 0 Å². The minimum atomic E-state index is 0.0952. The Bertz CT molecular complexity index is 1690. The summed E-state index contributed by atoms with van der Waals surface area (Å²) in [4.78, 5) is 24.2. The van der Waals surface area contributed by atoms with Gasteiger partial charge in [-0.3, -0.25) is 9.69 Å². The lowest BCUT2D eigenvalue weighted by Crippen LogP contribution is -2.50. The Hall–Kier alpha value is -3.23. The lowest BCUT2D eigenvalue weighted by molar-refractivity contribution is -0.140. The van der Waals surface area contributed by atoms with Crippen LogP contribution in [-0.4, -0.2) is 64.5 Å². The van der Waals surface area contributed by atoms with Crippen molar-refractivity contribution in [3.63, 3.8) is 0 Å². The second-order valence-electron chi connectivity index (χ2n) is 11.5. The minimum Gasteiger partial charge on any atom is -0.381 e. The van der Waals surface area contributed by atoms with E-state index in [9.17, 15) is 4.79 Å². The smallest absolute Gasteiger partial charge is 0.225 e. The van der Waals surface area contributed by atoms with Gasteiger partial charge in [-0.1, -0.05) is 48.4 Å². The van der Waals surface area contributed by atoms with Gasteiger partial charge in [-0.05, 0) is 61.0 Å². The highest BCUT2D eigenvalue weighted by Crippen LogP contribution is 2.35. The molecule has 1 saturated carbocycles. The van der Waals surface area contributed by atoms with Gasteiger partial charge in [-0.15, -0.1) is 11.3 Å². The maximum atomic E-state index is 13.3. The molecule has 0 unspecified atom stereocenters. The van der Waals surface area contributed by atoms with Gasteiger partial charge in [-0.25, -0.2) is 4.98 Å². The van der Waals surface area contributed by atoms with E-state index in [1.165, 1.54) is 20.5 Å². The van der Waals surface area contributed by atoms with E-state index in [2.05, 4.69) is 75.0 Å². The highest BCUT2D eigenvalue weighted by atomic mass is 35.5. The molecule has 2 aromatic carbocycles. The predicted molar refractivity (Wildman–Crippen MR) is 171 cm³/mol. The zero-order valence-corrected chi connectivity index (χ0v) is 25.4. The van der Waals surface area contributed by atoms with E-state index in [0.29, 0.717) is 10.9 Å². The van der Waals surface area contributed by atoms with Crippen molar-refractivity contribution in [3.05, 3.63) is 83.6 Å². The number of pyridine rings is 1. The number of carbonyl (C=O) groups is 1. The zero-order chi connectivity index (χ0) is 28.6. The molecule has 0 bridgehead atoms. The number of rotatable bonds is 6. The number of nitrogens with zero attached hydrogens (tertiary/aromatic N) is 4. The fraction of sp³-hybridized carbons (Fsp3) is 0.353. The molecule has 1 amide bonds. The Morgan fingerprint density at radius 1 is 1.00 bits per heavy atom. The van der Waals surface area contributed by atoms with Crippen molar-refractivity contribution in [2.75, 3.05) is 33.3 Å². The summed E-state index contributed by atoms with van der Waals surface area (Å²) in [6, 6.07) is 23.1. The topological polar surface area (TPSA) is 50.1 Å². The quantitative estimate of drug-likeness (QED) is 0.205. The summed E-state index contributed by atoms with van der Waals surface area (Å²) in [5.41, 5.74) is 5.30. The molecule has 1 aliphatic heterocycles. The molecule has 1 aliphatic carbocycles. The molecule has 2 atom stereocenters. The van der Waals surface area contributed by atoms with Crippen LogP contribution in [0.1, 0.15) is 31.4 Å². The van der Waals surface area contributed by atoms with E-state index in [1.807, 2.05) is 23.5 Å². The molecule has 7 rings (SSSR count). The molecular formula is C34H35ClN4O2S. The number of imidazole rings is 1. The van der Waals surface area contributed by atoms with Crippen molar-refractivity contribution >= 4 is 44.6 Å². The van der Waals surface area contributed by atoms with Crippen LogP contribution >= 0.6 is 22.9 Å². The number of methoxy groups -OCH3 is 1. The Morgan fingerprint density at radius 2 is 1.79 bits per heavy atom. The van der Waals surface area contributed by atoms with E-state index in [0.717, 1.165) is 81.0 Å². The van der Waals surface area contributed by atoms with E-state index in [1.54, 1.807) is 7.11 Å². The van der Waals surface area contributed by atoms with Gasteiger partial charge in [-0.2, -0.15) is 0 Å². The maximum absolute atomic E-state index is 13.3. The first-order valence-corrected chi connectivity index (χ1v) is 16.0. The average molecular weight is 599 g/mol. The van der Waals surface area contributed by atoms with Crippen LogP contribution < -0.4 is 0 Å². The number of hydrogen-bond donors (Lipinski definition) is 0. The summed E-state index contributed by atoms with van der Waals surface area (Å²) in [5, 5.41) is 1.98. The van der Waals surface area contributed by atoms with Crippen LogP contribution in [0.2, 0.25) is 5.02 Å². The number of ether oxygens (including phenoxy) is 1. The molecule has 4 heterocycles. The third-order valence-corrected chi connectivity index (χ3v) is 10.3. The van der Waals surface area contributed by atoms with Crippen molar-refractivity contribution in [2.45, 2.75) is 38.3 Å². The number of aromatic nitrogens is 2. The van der Waals surface area contributed by atoms with Crippen LogP contribution in [-0.2, 0) is 16.1 Å². The molecule has 0 spiro atoms. The van der Waals surface area contributed by atoms with Crippen LogP contribution in [0.3, 0.4) is 0 Å². The predicted octanol–water partition coefficient (Wildman–Crippen LogP) is 7.39. The normalized spacial score (nSPS) is 20.0. The molecule has 0 N–H and O–H groups in total. The summed E-state index contributed by atoms with van der Waals surface area (Å²) in [6.45, 7) is 3.96. The van der Waals surface area contributed by atoms with E-state index >= 15 is 0 Å². The monoisotopic (exact) mass is 598 g/mol. The number of thiophene rings is 1. The van der Waals surface area contributed by atoms with Gasteiger partial charge in [0.15, 0.2) is 0 Å². The first kappa shape index (κ1) is 27.6. The van der Waals surface area contributed by atoms with Crippen LogP contribution in [0, 0.1) is 5.92 Å². The summed E-state index contributed by atoms with van der Waals surface area (Å²) < 4.78 is 9.13. The van der Waals surface area contributed by atoms with Gasteiger partial charge in [0, 0.05) is 77.7 Å². The third-order valence-electron chi connectivity index (χ3n) is 8.91. The summed E-state index contributed by atoms with van der Waals surface area (Å²) in [7, 11) is 1.76. The molecule has 3 aromatic heterocycles. The van der Waals surface area contributed by atoms with Crippen molar-refractivity contribution in [1.82, 2.24) is 19.2 Å². The summed E-state index contributed by atoms with van der Waals surface area (Å²) in [5.74, 6) is 0.402. The standard InChI is InChI=1S/C34H35ClN4O2S/c1-41-28-7-4-6-25(19-28)34(40)38-17-15-37(16-18-38)22-29-33(23-9-12-27(35)13-10-23)36-32-14-11-26(21-39(29)32)31-20-24-5-2-3-8-30(24)42-31/h2-3,5,8-14,20-21,25,28H,4,6-7,15-19,22H2,1H3/t25-,28-/m1/s1. The van der Waals surface area contributed by atoms with Crippen molar-refractivity contribution in [1.29, 1.82) is 0 Å². The molecule has 42 heavy (non-hydrogen) atoms. The molecule has 1 saturated heterocycles. The van der Waals surface area contributed by atoms with E-state index in [-0.39, 0.29) is 12.0 Å². The SMILES string of the molecule is CO[C@@H]1CCC[C@@H](C(=O)N2CCN(Cc3c(-c4ccc(Cl)cc4)nc4ccc(-c5cc6ccccc6s5)cn34)CC2)C1. The number of halogens is 1.